The minimum Gasteiger partial charge on any atom is -0.490 e. The molecule has 0 aliphatic rings. The molecule has 3 heteroatoms. The first-order valence-corrected chi connectivity index (χ1v) is 7.38. The van der Waals surface area contributed by atoms with E-state index < -0.39 is 0 Å². The molecule has 0 aliphatic heterocycles. The van der Waals surface area contributed by atoms with Crippen molar-refractivity contribution in [2.45, 2.75) is 26.2 Å². The van der Waals surface area contributed by atoms with E-state index in [0.29, 0.717) is 34.3 Å². The lowest BCUT2D eigenvalue weighted by molar-refractivity contribution is 0.306. The van der Waals surface area contributed by atoms with Crippen molar-refractivity contribution in [3.63, 3.8) is 0 Å². The molecule has 0 atom stereocenters. The molecule has 0 saturated carbocycles. The molecule has 1 aromatic heterocycles. The molecule has 2 aromatic carbocycles. The van der Waals surface area contributed by atoms with Crippen LogP contribution < -0.4 is 10.2 Å². The van der Waals surface area contributed by atoms with Crippen LogP contribution in [0.4, 0.5) is 0 Å². The lowest BCUT2D eigenvalue weighted by atomic mass is 10.1. The molecule has 0 spiro atoms. The van der Waals surface area contributed by atoms with Crippen LogP contribution in [-0.4, -0.2) is 6.61 Å². The van der Waals surface area contributed by atoms with Crippen LogP contribution in [0, 0.1) is 0 Å². The maximum atomic E-state index is 12.5. The molecule has 3 nitrogen and oxygen atoms in total. The molecule has 0 bridgehead atoms. The van der Waals surface area contributed by atoms with E-state index in [1.54, 1.807) is 12.1 Å². The number of fused-ring (bicyclic) bond motifs is 2. The molecule has 3 aromatic rings. The highest BCUT2D eigenvalue weighted by Gasteiger charge is 2.11. The smallest absolute Gasteiger partial charge is 0.200 e. The van der Waals surface area contributed by atoms with Gasteiger partial charge in [0.05, 0.1) is 17.4 Å². The summed E-state index contributed by atoms with van der Waals surface area (Å²) < 4.78 is 11.7. The van der Waals surface area contributed by atoms with Gasteiger partial charge >= 0.3 is 0 Å². The van der Waals surface area contributed by atoms with Crippen LogP contribution in [0.2, 0.25) is 0 Å². The summed E-state index contributed by atoms with van der Waals surface area (Å²) in [6.07, 6.45) is 3.29. The second-order valence-electron chi connectivity index (χ2n) is 5.12. The third-order valence-electron chi connectivity index (χ3n) is 3.57. The van der Waals surface area contributed by atoms with Gasteiger partial charge in [0.1, 0.15) is 5.58 Å². The second kappa shape index (κ2) is 6.00. The van der Waals surface area contributed by atoms with Gasteiger partial charge in [-0.25, -0.2) is 0 Å². The van der Waals surface area contributed by atoms with E-state index in [-0.39, 0.29) is 5.43 Å². The van der Waals surface area contributed by atoms with E-state index in [4.69, 9.17) is 9.15 Å². The zero-order valence-electron chi connectivity index (χ0n) is 12.1. The molecule has 0 N–H and O–H groups in total. The molecular weight excluding hydrogens is 264 g/mol. The zero-order chi connectivity index (χ0) is 14.7. The summed E-state index contributed by atoms with van der Waals surface area (Å²) in [6, 6.07) is 12.8. The highest BCUT2D eigenvalue weighted by molar-refractivity contribution is 5.92. The Balaban J connectivity index is 2.08. The molecule has 3 rings (SSSR count). The number of para-hydroxylation sites is 2. The minimum absolute atomic E-state index is 0.00846. The van der Waals surface area contributed by atoms with Crippen LogP contribution in [0.25, 0.3) is 21.9 Å². The van der Waals surface area contributed by atoms with Gasteiger partial charge in [-0.1, -0.05) is 38.0 Å². The van der Waals surface area contributed by atoms with E-state index in [1.807, 2.05) is 30.3 Å². The Labute approximate surface area is 123 Å². The van der Waals surface area contributed by atoms with E-state index in [0.717, 1.165) is 19.3 Å². The van der Waals surface area contributed by atoms with Crippen molar-refractivity contribution < 1.29 is 9.15 Å². The van der Waals surface area contributed by atoms with Crippen LogP contribution in [0.5, 0.6) is 5.75 Å². The Hall–Kier alpha value is -2.29. The molecule has 0 unspecified atom stereocenters. The Morgan fingerprint density at radius 1 is 1.00 bits per heavy atom. The van der Waals surface area contributed by atoms with E-state index in [9.17, 15) is 4.79 Å². The highest BCUT2D eigenvalue weighted by Crippen LogP contribution is 2.27. The molecule has 0 aliphatic carbocycles. The summed E-state index contributed by atoms with van der Waals surface area (Å²) in [5.74, 6) is 0.645. The molecule has 0 amide bonds. The van der Waals surface area contributed by atoms with Crippen LogP contribution >= 0.6 is 0 Å². The highest BCUT2D eigenvalue weighted by atomic mass is 16.5. The number of hydrogen-bond acceptors (Lipinski definition) is 3. The van der Waals surface area contributed by atoms with E-state index in [1.165, 1.54) is 0 Å². The number of rotatable bonds is 5. The number of hydrogen-bond donors (Lipinski definition) is 0. The zero-order valence-corrected chi connectivity index (χ0v) is 12.1. The van der Waals surface area contributed by atoms with Gasteiger partial charge in [0.2, 0.25) is 5.43 Å². The molecule has 1 heterocycles. The van der Waals surface area contributed by atoms with Crippen molar-refractivity contribution in [3.05, 3.63) is 52.7 Å². The Kier molecular flexibility index (Phi) is 3.91. The summed E-state index contributed by atoms with van der Waals surface area (Å²) in [5.41, 5.74) is 1.13. The fourth-order valence-corrected chi connectivity index (χ4v) is 2.45. The second-order valence-corrected chi connectivity index (χ2v) is 5.12. The van der Waals surface area contributed by atoms with Gasteiger partial charge in [-0.2, -0.15) is 0 Å². The van der Waals surface area contributed by atoms with E-state index in [2.05, 4.69) is 6.92 Å². The van der Waals surface area contributed by atoms with Crippen LogP contribution in [0.15, 0.2) is 51.7 Å². The number of unbranched alkanes of at least 4 members (excludes halogenated alkanes) is 2. The fraction of sp³-hybridized carbons (Fsp3) is 0.278. The first-order valence-electron chi connectivity index (χ1n) is 7.38. The van der Waals surface area contributed by atoms with Gasteiger partial charge in [0.25, 0.3) is 0 Å². The molecule has 0 saturated heterocycles. The van der Waals surface area contributed by atoms with Gasteiger partial charge in [-0.05, 0) is 30.7 Å². The number of ether oxygens (including phenoxy) is 1. The molecule has 0 fully saturated rings. The van der Waals surface area contributed by atoms with Gasteiger partial charge in [0.15, 0.2) is 11.3 Å². The average Bonchev–Trinajstić information content (AvgIpc) is 2.52. The summed E-state index contributed by atoms with van der Waals surface area (Å²) in [5, 5.41) is 1.18. The van der Waals surface area contributed by atoms with E-state index >= 15 is 0 Å². The van der Waals surface area contributed by atoms with Gasteiger partial charge in [-0.3, -0.25) is 4.79 Å². The van der Waals surface area contributed by atoms with Gasteiger partial charge in [0, 0.05) is 0 Å². The predicted molar refractivity (Wildman–Crippen MR) is 85.0 cm³/mol. The van der Waals surface area contributed by atoms with Crippen molar-refractivity contribution in [2.75, 3.05) is 6.61 Å². The maximum absolute atomic E-state index is 12.5. The number of benzene rings is 2. The standard InChI is InChI=1S/C18H18O3/c1-2-3-6-12-20-16-11-7-9-14-17(19)13-8-4-5-10-15(13)21-18(14)16/h4-5,7-11H,2-3,6,12H2,1H3. The Morgan fingerprint density at radius 2 is 1.81 bits per heavy atom. The molecule has 21 heavy (non-hydrogen) atoms. The Morgan fingerprint density at radius 3 is 2.67 bits per heavy atom. The third-order valence-corrected chi connectivity index (χ3v) is 3.57. The quantitative estimate of drug-likeness (QED) is 0.510. The van der Waals surface area contributed by atoms with Crippen LogP contribution in [0.1, 0.15) is 26.2 Å². The lowest BCUT2D eigenvalue weighted by Gasteiger charge is -2.08. The summed E-state index contributed by atoms with van der Waals surface area (Å²) >= 11 is 0. The normalized spacial score (nSPS) is 11.1. The first kappa shape index (κ1) is 13.7. The molecule has 0 radical (unpaired) electrons. The minimum atomic E-state index is -0.00846. The largest absolute Gasteiger partial charge is 0.490 e. The summed E-state index contributed by atoms with van der Waals surface area (Å²) in [4.78, 5) is 12.5. The molecular formula is C18H18O3. The van der Waals surface area contributed by atoms with Crippen molar-refractivity contribution >= 4 is 21.9 Å². The van der Waals surface area contributed by atoms with Crippen molar-refractivity contribution in [2.24, 2.45) is 0 Å². The fourth-order valence-electron chi connectivity index (χ4n) is 2.45. The van der Waals surface area contributed by atoms with Crippen LogP contribution in [0.3, 0.4) is 0 Å². The van der Waals surface area contributed by atoms with Gasteiger partial charge in [-0.15, -0.1) is 0 Å². The Bertz CT molecular complexity index is 817. The SMILES string of the molecule is CCCCCOc1cccc2c(=O)c3ccccc3oc12. The maximum Gasteiger partial charge on any atom is 0.200 e. The lowest BCUT2D eigenvalue weighted by Crippen LogP contribution is -2.04. The predicted octanol–water partition coefficient (Wildman–Crippen LogP) is 4.52. The van der Waals surface area contributed by atoms with Crippen molar-refractivity contribution in [3.8, 4) is 5.75 Å². The molecule has 108 valence electrons. The van der Waals surface area contributed by atoms with Crippen molar-refractivity contribution in [1.82, 2.24) is 0 Å². The third kappa shape index (κ3) is 2.64. The van der Waals surface area contributed by atoms with Crippen molar-refractivity contribution in [1.29, 1.82) is 0 Å². The summed E-state index contributed by atoms with van der Waals surface area (Å²) in [7, 11) is 0. The average molecular weight is 282 g/mol. The summed E-state index contributed by atoms with van der Waals surface area (Å²) in [6.45, 7) is 2.80. The van der Waals surface area contributed by atoms with Crippen LogP contribution in [-0.2, 0) is 0 Å². The topological polar surface area (TPSA) is 39.4 Å². The monoisotopic (exact) mass is 282 g/mol. The first-order chi connectivity index (χ1) is 10.3. The van der Waals surface area contributed by atoms with Gasteiger partial charge < -0.3 is 9.15 Å².